The van der Waals surface area contributed by atoms with Crippen molar-refractivity contribution in [1.29, 1.82) is 0 Å². The molecule has 0 saturated carbocycles. The minimum Gasteiger partial charge on any atom is -0.444 e. The normalized spacial score (nSPS) is 22.5. The van der Waals surface area contributed by atoms with Crippen LogP contribution in [-0.4, -0.2) is 47.0 Å². The summed E-state index contributed by atoms with van der Waals surface area (Å²) >= 11 is 0. The number of carbonyl (C=O) groups excluding carboxylic acids is 1. The molecule has 2 atom stereocenters. The van der Waals surface area contributed by atoms with Gasteiger partial charge in [0, 0.05) is 6.54 Å². The molecular formula is C17H25NO4. The number of likely N-dealkylation sites (tertiary alicyclic amines) is 1. The number of hydrogen-bond acceptors (Lipinski definition) is 4. The Kier molecular flexibility index (Phi) is 5.42. The fraction of sp³-hybridized carbons (Fsp3) is 0.588. The Hall–Kier alpha value is -1.59. The van der Waals surface area contributed by atoms with Crippen molar-refractivity contribution in [2.75, 3.05) is 13.1 Å². The molecule has 5 heteroatoms. The highest BCUT2D eigenvalue weighted by Crippen LogP contribution is 2.18. The molecular weight excluding hydrogens is 282 g/mol. The average Bonchev–Trinajstić information content (AvgIpc) is 2.45. The summed E-state index contributed by atoms with van der Waals surface area (Å²) in [6, 6.07) is 9.79. The maximum Gasteiger partial charge on any atom is 0.410 e. The molecule has 2 rings (SSSR count). The number of benzene rings is 1. The molecule has 0 aromatic heterocycles. The fourth-order valence-electron chi connectivity index (χ4n) is 2.34. The van der Waals surface area contributed by atoms with Crippen molar-refractivity contribution in [3.8, 4) is 0 Å². The van der Waals surface area contributed by atoms with Gasteiger partial charge in [-0.3, -0.25) is 0 Å². The number of carbonyl (C=O) groups is 1. The Balaban J connectivity index is 1.89. The predicted octanol–water partition coefficient (Wildman–Crippen LogP) is 2.57. The van der Waals surface area contributed by atoms with Gasteiger partial charge in [0.15, 0.2) is 0 Å². The van der Waals surface area contributed by atoms with Crippen molar-refractivity contribution in [2.45, 2.75) is 51.6 Å². The number of piperidine rings is 1. The third-order valence-corrected chi connectivity index (χ3v) is 3.48. The van der Waals surface area contributed by atoms with Crippen LogP contribution in [0.4, 0.5) is 4.79 Å². The predicted molar refractivity (Wildman–Crippen MR) is 83.4 cm³/mol. The van der Waals surface area contributed by atoms with Crippen LogP contribution in [0.3, 0.4) is 0 Å². The number of hydrogen-bond donors (Lipinski definition) is 1. The Bertz CT molecular complexity index is 483. The Morgan fingerprint density at radius 1 is 1.32 bits per heavy atom. The van der Waals surface area contributed by atoms with Gasteiger partial charge in [0.05, 0.1) is 19.3 Å². The minimum absolute atomic E-state index is 0.350. The zero-order valence-electron chi connectivity index (χ0n) is 13.5. The summed E-state index contributed by atoms with van der Waals surface area (Å²) in [6.45, 7) is 6.78. The first kappa shape index (κ1) is 16.8. The van der Waals surface area contributed by atoms with Crippen LogP contribution in [0.25, 0.3) is 0 Å². The molecule has 1 saturated heterocycles. The lowest BCUT2D eigenvalue weighted by atomic mass is 10.1. The molecule has 1 aromatic rings. The molecule has 0 radical (unpaired) electrons. The van der Waals surface area contributed by atoms with Crippen LogP contribution < -0.4 is 0 Å². The van der Waals surface area contributed by atoms with E-state index in [2.05, 4.69) is 0 Å². The van der Waals surface area contributed by atoms with Crippen LogP contribution in [0, 0.1) is 0 Å². The molecule has 2 unspecified atom stereocenters. The smallest absolute Gasteiger partial charge is 0.410 e. The first-order valence-corrected chi connectivity index (χ1v) is 7.67. The lowest BCUT2D eigenvalue weighted by molar-refractivity contribution is -0.0872. The van der Waals surface area contributed by atoms with E-state index in [1.165, 1.54) is 0 Å². The average molecular weight is 307 g/mol. The van der Waals surface area contributed by atoms with E-state index in [1.54, 1.807) is 4.90 Å². The summed E-state index contributed by atoms with van der Waals surface area (Å²) in [7, 11) is 0. The number of amides is 1. The van der Waals surface area contributed by atoms with Crippen LogP contribution in [-0.2, 0) is 16.1 Å². The van der Waals surface area contributed by atoms with E-state index in [1.807, 2.05) is 51.1 Å². The van der Waals surface area contributed by atoms with Crippen molar-refractivity contribution in [1.82, 2.24) is 4.90 Å². The lowest BCUT2D eigenvalue weighted by Crippen LogP contribution is -2.51. The summed E-state index contributed by atoms with van der Waals surface area (Å²) in [5, 5.41) is 10.1. The Labute approximate surface area is 131 Å². The maximum atomic E-state index is 12.1. The third-order valence-electron chi connectivity index (χ3n) is 3.48. The van der Waals surface area contributed by atoms with Crippen molar-refractivity contribution in [3.05, 3.63) is 35.9 Å². The van der Waals surface area contributed by atoms with E-state index in [-0.39, 0.29) is 12.2 Å². The van der Waals surface area contributed by atoms with Crippen molar-refractivity contribution < 1.29 is 19.4 Å². The molecule has 1 aliphatic heterocycles. The summed E-state index contributed by atoms with van der Waals surface area (Å²) in [5.74, 6) is 0. The molecule has 1 aliphatic rings. The monoisotopic (exact) mass is 307 g/mol. The topological polar surface area (TPSA) is 59.0 Å². The standard InChI is InChI=1S/C17H25NO4/c1-17(2,3)22-16(20)18-10-9-14(19)15(11-18)21-12-13-7-5-4-6-8-13/h4-8,14-15,19H,9-12H2,1-3H3. The van der Waals surface area contributed by atoms with Crippen LogP contribution in [0.1, 0.15) is 32.8 Å². The van der Waals surface area contributed by atoms with Crippen molar-refractivity contribution in [2.24, 2.45) is 0 Å². The number of nitrogens with zero attached hydrogens (tertiary/aromatic N) is 1. The van der Waals surface area contributed by atoms with Gasteiger partial charge in [0.25, 0.3) is 0 Å². The number of ether oxygens (including phenoxy) is 2. The van der Waals surface area contributed by atoms with E-state index < -0.39 is 11.7 Å². The molecule has 5 nitrogen and oxygen atoms in total. The molecule has 0 spiro atoms. The molecule has 1 N–H and O–H groups in total. The van der Waals surface area contributed by atoms with Crippen molar-refractivity contribution >= 4 is 6.09 Å². The van der Waals surface area contributed by atoms with Gasteiger partial charge in [0.2, 0.25) is 0 Å². The van der Waals surface area contributed by atoms with Crippen molar-refractivity contribution in [3.63, 3.8) is 0 Å². The molecule has 1 heterocycles. The van der Waals surface area contributed by atoms with Gasteiger partial charge in [-0.25, -0.2) is 4.79 Å². The number of aliphatic hydroxyl groups is 1. The minimum atomic E-state index is -0.553. The number of rotatable bonds is 3. The Morgan fingerprint density at radius 2 is 2.00 bits per heavy atom. The largest absolute Gasteiger partial charge is 0.444 e. The quantitative estimate of drug-likeness (QED) is 0.932. The summed E-state index contributed by atoms with van der Waals surface area (Å²) in [5.41, 5.74) is 0.525. The molecule has 1 fully saturated rings. The van der Waals surface area contributed by atoms with E-state index in [4.69, 9.17) is 9.47 Å². The zero-order valence-corrected chi connectivity index (χ0v) is 13.5. The first-order chi connectivity index (χ1) is 10.3. The molecule has 122 valence electrons. The van der Waals surface area contributed by atoms with Gasteiger partial charge in [-0.05, 0) is 32.8 Å². The number of aliphatic hydroxyl groups excluding tert-OH is 1. The molecule has 1 aromatic carbocycles. The summed E-state index contributed by atoms with van der Waals surface area (Å²) < 4.78 is 11.2. The Morgan fingerprint density at radius 3 is 2.64 bits per heavy atom. The van der Waals surface area contributed by atoms with Crippen LogP contribution >= 0.6 is 0 Å². The molecule has 0 aliphatic carbocycles. The first-order valence-electron chi connectivity index (χ1n) is 7.67. The SMILES string of the molecule is CC(C)(C)OC(=O)N1CCC(O)C(OCc2ccccc2)C1. The lowest BCUT2D eigenvalue weighted by Gasteiger charge is -2.36. The van der Waals surface area contributed by atoms with E-state index in [0.717, 1.165) is 5.56 Å². The van der Waals surface area contributed by atoms with E-state index >= 15 is 0 Å². The van der Waals surface area contributed by atoms with Gasteiger partial charge in [-0.1, -0.05) is 30.3 Å². The molecule has 22 heavy (non-hydrogen) atoms. The van der Waals surface area contributed by atoms with E-state index in [0.29, 0.717) is 26.1 Å². The second kappa shape index (κ2) is 7.11. The third kappa shape index (κ3) is 5.00. The fourth-order valence-corrected chi connectivity index (χ4v) is 2.34. The molecule has 1 amide bonds. The second-order valence-electron chi connectivity index (χ2n) is 6.62. The van der Waals surface area contributed by atoms with Gasteiger partial charge in [-0.2, -0.15) is 0 Å². The molecule has 0 bridgehead atoms. The van der Waals surface area contributed by atoms with E-state index in [9.17, 15) is 9.90 Å². The summed E-state index contributed by atoms with van der Waals surface area (Å²) in [4.78, 5) is 13.7. The van der Waals surface area contributed by atoms with Gasteiger partial charge >= 0.3 is 6.09 Å². The summed E-state index contributed by atoms with van der Waals surface area (Å²) in [6.07, 6.45) is -0.796. The highest BCUT2D eigenvalue weighted by molar-refractivity contribution is 5.68. The highest BCUT2D eigenvalue weighted by Gasteiger charge is 2.33. The van der Waals surface area contributed by atoms with Gasteiger partial charge in [-0.15, -0.1) is 0 Å². The van der Waals surface area contributed by atoms with Gasteiger partial charge in [0.1, 0.15) is 11.7 Å². The van der Waals surface area contributed by atoms with Crippen LogP contribution in [0.2, 0.25) is 0 Å². The van der Waals surface area contributed by atoms with Gasteiger partial charge < -0.3 is 19.5 Å². The maximum absolute atomic E-state index is 12.1. The van der Waals surface area contributed by atoms with Crippen LogP contribution in [0.15, 0.2) is 30.3 Å². The second-order valence-corrected chi connectivity index (χ2v) is 6.62. The zero-order chi connectivity index (χ0) is 16.2. The highest BCUT2D eigenvalue weighted by atomic mass is 16.6. The van der Waals surface area contributed by atoms with Crippen LogP contribution in [0.5, 0.6) is 0 Å².